The van der Waals surface area contributed by atoms with E-state index in [1.165, 1.54) is 5.56 Å². The van der Waals surface area contributed by atoms with Crippen LogP contribution in [0.1, 0.15) is 42.8 Å². The lowest BCUT2D eigenvalue weighted by Crippen LogP contribution is -2.50. The van der Waals surface area contributed by atoms with Gasteiger partial charge in [0, 0.05) is 43.3 Å². The van der Waals surface area contributed by atoms with Gasteiger partial charge in [0.05, 0.1) is 18.2 Å². The number of pyridine rings is 1. The first kappa shape index (κ1) is 20.9. The summed E-state index contributed by atoms with van der Waals surface area (Å²) >= 11 is 0. The van der Waals surface area contributed by atoms with Crippen molar-refractivity contribution in [2.45, 2.75) is 51.7 Å². The number of carbonyl (C=O) groups is 1. The molecule has 0 aliphatic carbocycles. The Morgan fingerprint density at radius 2 is 1.90 bits per heavy atom. The van der Waals surface area contributed by atoms with Crippen LogP contribution < -0.4 is 5.32 Å². The fourth-order valence-corrected chi connectivity index (χ4v) is 4.58. The van der Waals surface area contributed by atoms with E-state index < -0.39 is 0 Å². The maximum atomic E-state index is 12.7. The van der Waals surface area contributed by atoms with Crippen LogP contribution in [-0.4, -0.2) is 62.9 Å². The van der Waals surface area contributed by atoms with E-state index >= 15 is 0 Å². The zero-order valence-electron chi connectivity index (χ0n) is 17.8. The van der Waals surface area contributed by atoms with Crippen LogP contribution in [0.4, 0.5) is 0 Å². The van der Waals surface area contributed by atoms with E-state index in [-0.39, 0.29) is 11.8 Å². The highest BCUT2D eigenvalue weighted by Gasteiger charge is 2.31. The second-order valence-corrected chi connectivity index (χ2v) is 8.52. The van der Waals surface area contributed by atoms with Crippen molar-refractivity contribution in [2.24, 2.45) is 5.92 Å². The number of nitrogens with zero attached hydrogens (tertiary/aromatic N) is 5. The number of rotatable bonds is 6. The molecule has 2 fully saturated rings. The van der Waals surface area contributed by atoms with Gasteiger partial charge in [-0.25, -0.2) is 9.97 Å². The van der Waals surface area contributed by atoms with E-state index in [9.17, 15) is 4.79 Å². The molecule has 1 N–H and O–H groups in total. The quantitative estimate of drug-likeness (QED) is 0.790. The van der Waals surface area contributed by atoms with Crippen LogP contribution in [0.25, 0.3) is 0 Å². The van der Waals surface area contributed by atoms with Gasteiger partial charge in [-0.15, -0.1) is 0 Å². The van der Waals surface area contributed by atoms with Gasteiger partial charge in [-0.1, -0.05) is 6.07 Å². The van der Waals surface area contributed by atoms with Gasteiger partial charge in [0.25, 0.3) is 0 Å². The lowest BCUT2D eigenvalue weighted by atomic mass is 9.93. The molecule has 2 saturated heterocycles. The molecular weight excluding hydrogens is 376 g/mol. The van der Waals surface area contributed by atoms with Crippen LogP contribution in [-0.2, 0) is 17.9 Å². The molecule has 0 radical (unpaired) electrons. The van der Waals surface area contributed by atoms with E-state index in [4.69, 9.17) is 0 Å². The summed E-state index contributed by atoms with van der Waals surface area (Å²) in [6.45, 7) is 7.52. The molecule has 0 saturated carbocycles. The predicted molar refractivity (Wildman–Crippen MR) is 115 cm³/mol. The molecule has 1 atom stereocenters. The average molecular weight is 409 g/mol. The van der Waals surface area contributed by atoms with Gasteiger partial charge in [-0.2, -0.15) is 0 Å². The molecule has 2 aromatic rings. The summed E-state index contributed by atoms with van der Waals surface area (Å²) in [4.78, 5) is 30.6. The largest absolute Gasteiger partial charge is 0.350 e. The highest BCUT2D eigenvalue weighted by Crippen LogP contribution is 2.24. The molecule has 30 heavy (non-hydrogen) atoms. The van der Waals surface area contributed by atoms with Crippen molar-refractivity contribution < 1.29 is 4.79 Å². The van der Waals surface area contributed by atoms with Gasteiger partial charge >= 0.3 is 0 Å². The topological polar surface area (TPSA) is 74.2 Å². The summed E-state index contributed by atoms with van der Waals surface area (Å²) in [7, 11) is 0. The standard InChI is InChI=1S/C23H32N6O/c1-18-25-13-19(14-26-18)16-28-11-7-22(8-12-28)29-10-4-5-20(17-29)23(30)27-15-21-6-2-3-9-24-21/h2-3,6,9,13-14,20,22H,4-5,7-8,10-12,15-17H2,1H3,(H,27,30). The summed E-state index contributed by atoms with van der Waals surface area (Å²) < 4.78 is 0. The van der Waals surface area contributed by atoms with Crippen LogP contribution in [0, 0.1) is 12.8 Å². The first-order valence-corrected chi connectivity index (χ1v) is 11.1. The minimum absolute atomic E-state index is 0.0881. The van der Waals surface area contributed by atoms with Crippen molar-refractivity contribution >= 4 is 5.91 Å². The third-order valence-electron chi connectivity index (χ3n) is 6.31. The molecule has 4 rings (SSSR count). The number of piperidine rings is 2. The molecule has 1 amide bonds. The van der Waals surface area contributed by atoms with Crippen LogP contribution in [0.3, 0.4) is 0 Å². The van der Waals surface area contributed by atoms with Crippen LogP contribution in [0.15, 0.2) is 36.8 Å². The number of hydrogen-bond donors (Lipinski definition) is 1. The zero-order chi connectivity index (χ0) is 20.8. The molecule has 2 aromatic heterocycles. The molecule has 4 heterocycles. The SMILES string of the molecule is Cc1ncc(CN2CCC(N3CCCC(C(=O)NCc4ccccn4)C3)CC2)cn1. The third kappa shape index (κ3) is 5.61. The molecule has 7 heteroatoms. The first-order valence-electron chi connectivity index (χ1n) is 11.1. The summed E-state index contributed by atoms with van der Waals surface area (Å²) in [5.74, 6) is 1.08. The van der Waals surface area contributed by atoms with Gasteiger partial charge in [-0.3, -0.25) is 19.6 Å². The summed E-state index contributed by atoms with van der Waals surface area (Å²) in [6.07, 6.45) is 10.0. The molecule has 2 aliphatic heterocycles. The zero-order valence-corrected chi connectivity index (χ0v) is 17.8. The monoisotopic (exact) mass is 408 g/mol. The highest BCUT2D eigenvalue weighted by molar-refractivity contribution is 5.78. The molecule has 160 valence electrons. The number of amides is 1. The number of aryl methyl sites for hydroxylation is 1. The van der Waals surface area contributed by atoms with Crippen molar-refractivity contribution in [1.29, 1.82) is 0 Å². The Morgan fingerprint density at radius 3 is 2.63 bits per heavy atom. The second-order valence-electron chi connectivity index (χ2n) is 8.52. The molecule has 7 nitrogen and oxygen atoms in total. The van der Waals surface area contributed by atoms with Gasteiger partial charge in [0.15, 0.2) is 0 Å². The normalized spacial score (nSPS) is 21.4. The van der Waals surface area contributed by atoms with E-state index in [0.29, 0.717) is 12.6 Å². The van der Waals surface area contributed by atoms with Gasteiger partial charge in [0.1, 0.15) is 5.82 Å². The molecule has 2 aliphatic rings. The van der Waals surface area contributed by atoms with Crippen molar-refractivity contribution in [2.75, 3.05) is 26.2 Å². The molecule has 0 aromatic carbocycles. The number of hydrogen-bond acceptors (Lipinski definition) is 6. The lowest BCUT2D eigenvalue weighted by molar-refractivity contribution is -0.127. The van der Waals surface area contributed by atoms with Gasteiger partial charge in [0.2, 0.25) is 5.91 Å². The Labute approximate surface area is 178 Å². The van der Waals surface area contributed by atoms with E-state index in [0.717, 1.165) is 69.9 Å². The number of nitrogens with one attached hydrogen (secondary N) is 1. The summed E-state index contributed by atoms with van der Waals surface area (Å²) in [5.41, 5.74) is 2.09. The fourth-order valence-electron chi connectivity index (χ4n) is 4.58. The Kier molecular flexibility index (Phi) is 7.02. The first-order chi connectivity index (χ1) is 14.7. The molecule has 1 unspecified atom stereocenters. The van der Waals surface area contributed by atoms with E-state index in [1.807, 2.05) is 37.5 Å². The molecule has 0 bridgehead atoms. The average Bonchev–Trinajstić information content (AvgIpc) is 2.80. The maximum absolute atomic E-state index is 12.7. The lowest BCUT2D eigenvalue weighted by Gasteiger charge is -2.42. The highest BCUT2D eigenvalue weighted by atomic mass is 16.1. The van der Waals surface area contributed by atoms with Crippen molar-refractivity contribution in [3.8, 4) is 0 Å². The Bertz CT molecular complexity index is 804. The minimum atomic E-state index is 0.0881. The summed E-state index contributed by atoms with van der Waals surface area (Å²) in [6, 6.07) is 6.38. The fraction of sp³-hybridized carbons (Fsp3) is 0.565. The van der Waals surface area contributed by atoms with Gasteiger partial charge < -0.3 is 5.32 Å². The number of aromatic nitrogens is 3. The minimum Gasteiger partial charge on any atom is -0.350 e. The van der Waals surface area contributed by atoms with Crippen molar-refractivity contribution in [3.05, 3.63) is 53.9 Å². The Morgan fingerprint density at radius 1 is 1.10 bits per heavy atom. The summed E-state index contributed by atoms with van der Waals surface area (Å²) in [5, 5.41) is 3.08. The second kappa shape index (κ2) is 10.1. The Balaban J connectivity index is 1.23. The number of carbonyl (C=O) groups excluding carboxylic acids is 1. The van der Waals surface area contributed by atoms with E-state index in [1.54, 1.807) is 6.20 Å². The van der Waals surface area contributed by atoms with Crippen LogP contribution >= 0.6 is 0 Å². The molecular formula is C23H32N6O. The Hall–Kier alpha value is -2.38. The van der Waals surface area contributed by atoms with Crippen molar-refractivity contribution in [1.82, 2.24) is 30.1 Å². The van der Waals surface area contributed by atoms with Crippen LogP contribution in [0.5, 0.6) is 0 Å². The number of likely N-dealkylation sites (tertiary alicyclic amines) is 2. The third-order valence-corrected chi connectivity index (χ3v) is 6.31. The van der Waals surface area contributed by atoms with Crippen molar-refractivity contribution in [3.63, 3.8) is 0 Å². The van der Waals surface area contributed by atoms with Crippen LogP contribution in [0.2, 0.25) is 0 Å². The van der Waals surface area contributed by atoms with E-state index in [2.05, 4.69) is 30.1 Å². The maximum Gasteiger partial charge on any atom is 0.224 e. The smallest absolute Gasteiger partial charge is 0.224 e. The predicted octanol–water partition coefficient (Wildman–Crippen LogP) is 2.17. The molecule has 0 spiro atoms. The van der Waals surface area contributed by atoms with Gasteiger partial charge in [-0.05, 0) is 64.4 Å².